The Labute approximate surface area is 134 Å². The molecule has 114 valence electrons. The molecule has 4 heteroatoms. The molecule has 1 aromatic heterocycles. The molecule has 23 heavy (non-hydrogen) atoms. The highest BCUT2D eigenvalue weighted by atomic mass is 16.5. The molecule has 0 amide bonds. The van der Waals surface area contributed by atoms with Gasteiger partial charge in [-0.3, -0.25) is 0 Å². The maximum absolute atomic E-state index is 11.6. The summed E-state index contributed by atoms with van der Waals surface area (Å²) < 4.78 is 10.6. The van der Waals surface area contributed by atoms with Gasteiger partial charge in [0.2, 0.25) is 0 Å². The van der Waals surface area contributed by atoms with Gasteiger partial charge < -0.3 is 9.47 Å². The van der Waals surface area contributed by atoms with Crippen LogP contribution < -0.4 is 4.74 Å². The highest BCUT2D eigenvalue weighted by Crippen LogP contribution is 2.25. The Bertz CT molecular complexity index is 810. The Balaban J connectivity index is 1.75. The number of carbonyl (C=O) groups is 1. The van der Waals surface area contributed by atoms with E-state index in [9.17, 15) is 4.79 Å². The van der Waals surface area contributed by atoms with E-state index in [0.29, 0.717) is 24.5 Å². The predicted molar refractivity (Wildman–Crippen MR) is 87.0 cm³/mol. The first-order chi connectivity index (χ1) is 11.3. The average molecular weight is 305 g/mol. The summed E-state index contributed by atoms with van der Waals surface area (Å²) in [6, 6.07) is 11.2. The fraction of sp³-hybridized carbons (Fsp3) is 0.158. The SMILES string of the molecule is CCOC(=O)c1ccc(C#CC2=Cc3ccccc3OC2)nc1. The van der Waals surface area contributed by atoms with Gasteiger partial charge >= 0.3 is 5.97 Å². The molecule has 4 nitrogen and oxygen atoms in total. The number of esters is 1. The number of hydrogen-bond acceptors (Lipinski definition) is 4. The fourth-order valence-electron chi connectivity index (χ4n) is 2.14. The average Bonchev–Trinajstić information content (AvgIpc) is 2.60. The lowest BCUT2D eigenvalue weighted by Crippen LogP contribution is -2.06. The molecule has 0 saturated carbocycles. The van der Waals surface area contributed by atoms with E-state index < -0.39 is 0 Å². The molecule has 3 rings (SSSR count). The molecule has 0 N–H and O–H groups in total. The number of ether oxygens (including phenoxy) is 2. The standard InChI is InChI=1S/C19H15NO3/c1-2-22-19(21)16-8-10-17(20-12-16)9-7-14-11-15-5-3-4-6-18(15)23-13-14/h3-6,8,10-12H,2,13H2,1H3. The summed E-state index contributed by atoms with van der Waals surface area (Å²) in [5, 5.41) is 0. The van der Waals surface area contributed by atoms with Gasteiger partial charge in [-0.1, -0.05) is 24.1 Å². The number of carbonyl (C=O) groups excluding carboxylic acids is 1. The van der Waals surface area contributed by atoms with Gasteiger partial charge in [0.05, 0.1) is 12.2 Å². The zero-order valence-electron chi connectivity index (χ0n) is 12.7. The van der Waals surface area contributed by atoms with Gasteiger partial charge in [-0.05, 0) is 37.1 Å². The zero-order chi connectivity index (χ0) is 16.1. The molecule has 2 heterocycles. The second-order valence-electron chi connectivity index (χ2n) is 4.90. The number of pyridine rings is 1. The number of rotatable bonds is 2. The van der Waals surface area contributed by atoms with E-state index >= 15 is 0 Å². The normalized spacial score (nSPS) is 12.1. The van der Waals surface area contributed by atoms with Crippen LogP contribution >= 0.6 is 0 Å². The van der Waals surface area contributed by atoms with Crippen LogP contribution in [0.5, 0.6) is 5.75 Å². The fourth-order valence-corrected chi connectivity index (χ4v) is 2.14. The lowest BCUT2D eigenvalue weighted by atomic mass is 10.1. The molecular formula is C19H15NO3. The van der Waals surface area contributed by atoms with Gasteiger partial charge in [0.1, 0.15) is 18.1 Å². The van der Waals surface area contributed by atoms with Crippen LogP contribution in [-0.2, 0) is 4.74 Å². The van der Waals surface area contributed by atoms with Gasteiger partial charge in [0, 0.05) is 17.3 Å². The molecule has 1 aromatic carbocycles. The first-order valence-corrected chi connectivity index (χ1v) is 7.34. The molecule has 0 atom stereocenters. The minimum Gasteiger partial charge on any atom is -0.488 e. The van der Waals surface area contributed by atoms with Crippen molar-refractivity contribution in [3.63, 3.8) is 0 Å². The molecule has 0 radical (unpaired) electrons. The van der Waals surface area contributed by atoms with Gasteiger partial charge in [-0.25, -0.2) is 9.78 Å². The smallest absolute Gasteiger partial charge is 0.339 e. The molecule has 2 aromatic rings. The summed E-state index contributed by atoms with van der Waals surface area (Å²) in [4.78, 5) is 15.7. The van der Waals surface area contributed by atoms with E-state index in [1.165, 1.54) is 6.20 Å². The van der Waals surface area contributed by atoms with Crippen molar-refractivity contribution < 1.29 is 14.3 Å². The highest BCUT2D eigenvalue weighted by Gasteiger charge is 2.09. The Morgan fingerprint density at radius 3 is 2.91 bits per heavy atom. The van der Waals surface area contributed by atoms with Crippen molar-refractivity contribution in [3.05, 3.63) is 65.0 Å². The minimum absolute atomic E-state index is 0.343. The summed E-state index contributed by atoms with van der Waals surface area (Å²) in [6.45, 7) is 2.56. The van der Waals surface area contributed by atoms with Crippen LogP contribution in [0.25, 0.3) is 6.08 Å². The highest BCUT2D eigenvalue weighted by molar-refractivity contribution is 5.89. The molecular weight excluding hydrogens is 290 g/mol. The van der Waals surface area contributed by atoms with Crippen LogP contribution in [0.2, 0.25) is 0 Å². The number of nitrogens with zero attached hydrogens (tertiary/aromatic N) is 1. The second kappa shape index (κ2) is 6.80. The summed E-state index contributed by atoms with van der Waals surface area (Å²) in [6.07, 6.45) is 3.49. The van der Waals surface area contributed by atoms with Crippen molar-refractivity contribution >= 4 is 12.0 Å². The van der Waals surface area contributed by atoms with Crippen LogP contribution in [0.15, 0.2) is 48.2 Å². The van der Waals surface area contributed by atoms with Crippen LogP contribution in [0, 0.1) is 11.8 Å². The monoisotopic (exact) mass is 305 g/mol. The third kappa shape index (κ3) is 3.58. The van der Waals surface area contributed by atoms with E-state index in [1.54, 1.807) is 19.1 Å². The lowest BCUT2D eigenvalue weighted by molar-refractivity contribution is 0.0526. The molecule has 0 fully saturated rings. The molecule has 0 unspecified atom stereocenters. The maximum atomic E-state index is 11.6. The van der Waals surface area contributed by atoms with E-state index in [-0.39, 0.29) is 5.97 Å². The topological polar surface area (TPSA) is 48.4 Å². The van der Waals surface area contributed by atoms with Crippen LogP contribution in [0.3, 0.4) is 0 Å². The molecule has 0 saturated heterocycles. The lowest BCUT2D eigenvalue weighted by Gasteiger charge is -2.14. The van der Waals surface area contributed by atoms with E-state index in [0.717, 1.165) is 16.9 Å². The van der Waals surface area contributed by atoms with Crippen molar-refractivity contribution in [2.45, 2.75) is 6.92 Å². The number of para-hydroxylation sites is 1. The Kier molecular flexibility index (Phi) is 4.39. The number of hydrogen-bond donors (Lipinski definition) is 0. The van der Waals surface area contributed by atoms with Gasteiger partial charge in [0.15, 0.2) is 0 Å². The van der Waals surface area contributed by atoms with Crippen LogP contribution in [0.4, 0.5) is 0 Å². The van der Waals surface area contributed by atoms with Gasteiger partial charge in [0.25, 0.3) is 0 Å². The van der Waals surface area contributed by atoms with Crippen molar-refractivity contribution in [2.75, 3.05) is 13.2 Å². The first kappa shape index (κ1) is 14.9. The van der Waals surface area contributed by atoms with Crippen molar-refractivity contribution in [1.82, 2.24) is 4.98 Å². The minimum atomic E-state index is -0.375. The zero-order valence-corrected chi connectivity index (χ0v) is 12.7. The Morgan fingerprint density at radius 2 is 2.13 bits per heavy atom. The van der Waals surface area contributed by atoms with Crippen LogP contribution in [0.1, 0.15) is 28.5 Å². The third-order valence-electron chi connectivity index (χ3n) is 3.26. The first-order valence-electron chi connectivity index (χ1n) is 7.34. The Morgan fingerprint density at radius 1 is 1.26 bits per heavy atom. The molecule has 0 aliphatic carbocycles. The van der Waals surface area contributed by atoms with Crippen molar-refractivity contribution in [3.8, 4) is 17.6 Å². The summed E-state index contributed by atoms with van der Waals surface area (Å²) in [7, 11) is 0. The summed E-state index contributed by atoms with van der Waals surface area (Å²) >= 11 is 0. The number of aromatic nitrogens is 1. The van der Waals surface area contributed by atoms with Crippen LogP contribution in [-0.4, -0.2) is 24.2 Å². The Hall–Kier alpha value is -3.06. The van der Waals surface area contributed by atoms with Gasteiger partial charge in [-0.15, -0.1) is 0 Å². The number of benzene rings is 1. The predicted octanol–water partition coefficient (Wildman–Crippen LogP) is 3.09. The summed E-state index contributed by atoms with van der Waals surface area (Å²) in [5.74, 6) is 6.54. The molecule has 1 aliphatic heterocycles. The van der Waals surface area contributed by atoms with E-state index in [2.05, 4.69) is 16.8 Å². The third-order valence-corrected chi connectivity index (χ3v) is 3.26. The van der Waals surface area contributed by atoms with E-state index in [1.807, 2.05) is 30.3 Å². The molecule has 0 bridgehead atoms. The summed E-state index contributed by atoms with van der Waals surface area (Å²) in [5.41, 5.74) is 2.93. The molecule has 0 spiro atoms. The largest absolute Gasteiger partial charge is 0.488 e. The van der Waals surface area contributed by atoms with Crippen molar-refractivity contribution in [2.24, 2.45) is 0 Å². The van der Waals surface area contributed by atoms with Gasteiger partial charge in [-0.2, -0.15) is 0 Å². The quantitative estimate of drug-likeness (QED) is 0.632. The van der Waals surface area contributed by atoms with Crippen molar-refractivity contribution in [1.29, 1.82) is 0 Å². The molecule has 1 aliphatic rings. The number of fused-ring (bicyclic) bond motifs is 1. The maximum Gasteiger partial charge on any atom is 0.339 e. The second-order valence-corrected chi connectivity index (χ2v) is 4.90. The van der Waals surface area contributed by atoms with E-state index in [4.69, 9.17) is 9.47 Å².